The predicted molar refractivity (Wildman–Crippen MR) is 109 cm³/mol. The molecule has 1 saturated carbocycles. The van der Waals surface area contributed by atoms with Crippen molar-refractivity contribution in [3.05, 3.63) is 18.2 Å². The largest absolute Gasteiger partial charge is 0.368 e. The van der Waals surface area contributed by atoms with Crippen LogP contribution in [0.2, 0.25) is 0 Å². The van der Waals surface area contributed by atoms with Crippen LogP contribution in [0.3, 0.4) is 0 Å². The number of primary amides is 1. The number of amides is 1. The SMILES string of the molecule is C[C@H]1CC(C2C[C@H]3CC[C@@H](C2)N3[C@@H](C(N)=O)C2CC2)CCN1c1ncc(F)cn1. The summed E-state index contributed by atoms with van der Waals surface area (Å²) in [6, 6.07) is 1.40. The number of fused-ring (bicyclic) bond motifs is 2. The minimum atomic E-state index is -0.390. The van der Waals surface area contributed by atoms with Crippen molar-refractivity contribution < 1.29 is 9.18 Å². The van der Waals surface area contributed by atoms with E-state index in [1.807, 2.05) is 0 Å². The molecule has 158 valence electrons. The van der Waals surface area contributed by atoms with E-state index in [-0.39, 0.29) is 17.8 Å². The molecule has 3 aliphatic heterocycles. The van der Waals surface area contributed by atoms with Crippen molar-refractivity contribution >= 4 is 11.9 Å². The lowest BCUT2D eigenvalue weighted by atomic mass is 9.74. The number of piperidine rings is 2. The summed E-state index contributed by atoms with van der Waals surface area (Å²) in [6.07, 6.45) is 11.9. The van der Waals surface area contributed by atoms with E-state index in [1.165, 1.54) is 38.1 Å². The van der Waals surface area contributed by atoms with Crippen molar-refractivity contribution in [2.45, 2.75) is 82.5 Å². The van der Waals surface area contributed by atoms with Crippen LogP contribution in [0, 0.1) is 23.6 Å². The van der Waals surface area contributed by atoms with E-state index in [2.05, 4.69) is 26.7 Å². The Kier molecular flexibility index (Phi) is 4.96. The summed E-state index contributed by atoms with van der Waals surface area (Å²) >= 11 is 0. The lowest BCUT2D eigenvalue weighted by molar-refractivity contribution is -0.126. The maximum atomic E-state index is 13.2. The number of nitrogens with zero attached hydrogens (tertiary/aromatic N) is 4. The number of hydrogen-bond donors (Lipinski definition) is 1. The van der Waals surface area contributed by atoms with Gasteiger partial charge in [-0.25, -0.2) is 14.4 Å². The van der Waals surface area contributed by atoms with Gasteiger partial charge in [0.25, 0.3) is 0 Å². The summed E-state index contributed by atoms with van der Waals surface area (Å²) in [5.41, 5.74) is 5.81. The average Bonchev–Trinajstić information content (AvgIpc) is 3.49. The molecule has 1 aliphatic carbocycles. The second-order valence-electron chi connectivity index (χ2n) is 9.78. The van der Waals surface area contributed by atoms with Crippen LogP contribution < -0.4 is 10.6 Å². The molecule has 6 atom stereocenters. The first-order chi connectivity index (χ1) is 14.0. The zero-order valence-corrected chi connectivity index (χ0v) is 17.2. The summed E-state index contributed by atoms with van der Waals surface area (Å²) in [7, 11) is 0. The van der Waals surface area contributed by atoms with Gasteiger partial charge in [0.15, 0.2) is 5.82 Å². The smallest absolute Gasteiger partial charge is 0.235 e. The Morgan fingerprint density at radius 3 is 2.28 bits per heavy atom. The van der Waals surface area contributed by atoms with E-state index in [4.69, 9.17) is 5.73 Å². The molecule has 0 aromatic carbocycles. The quantitative estimate of drug-likeness (QED) is 0.821. The van der Waals surface area contributed by atoms with Crippen molar-refractivity contribution in [3.63, 3.8) is 0 Å². The fraction of sp³-hybridized carbons (Fsp3) is 0.773. The fourth-order valence-electron chi connectivity index (χ4n) is 6.52. The normalized spacial score (nSPS) is 36.2. The van der Waals surface area contributed by atoms with E-state index in [1.54, 1.807) is 0 Å². The van der Waals surface area contributed by atoms with E-state index >= 15 is 0 Å². The molecule has 2 N–H and O–H groups in total. The van der Waals surface area contributed by atoms with Crippen molar-refractivity contribution in [2.75, 3.05) is 11.4 Å². The molecule has 6 nitrogen and oxygen atoms in total. The molecule has 2 bridgehead atoms. The second-order valence-corrected chi connectivity index (χ2v) is 9.78. The highest BCUT2D eigenvalue weighted by Crippen LogP contribution is 2.48. The lowest BCUT2D eigenvalue weighted by Crippen LogP contribution is -2.56. The molecule has 5 rings (SSSR count). The Hall–Kier alpha value is -1.76. The zero-order valence-electron chi connectivity index (χ0n) is 17.2. The van der Waals surface area contributed by atoms with Crippen molar-refractivity contribution in [3.8, 4) is 0 Å². The molecule has 4 heterocycles. The number of carbonyl (C=O) groups is 1. The number of hydrogen-bond acceptors (Lipinski definition) is 5. The number of rotatable bonds is 5. The van der Waals surface area contributed by atoms with Gasteiger partial charge in [-0.1, -0.05) is 0 Å². The van der Waals surface area contributed by atoms with E-state index < -0.39 is 0 Å². The molecular weight excluding hydrogens is 369 g/mol. The Morgan fingerprint density at radius 2 is 1.72 bits per heavy atom. The third-order valence-electron chi connectivity index (χ3n) is 7.95. The molecule has 4 fully saturated rings. The molecule has 29 heavy (non-hydrogen) atoms. The van der Waals surface area contributed by atoms with Crippen LogP contribution in [-0.4, -0.2) is 51.5 Å². The molecule has 1 aromatic rings. The van der Waals surface area contributed by atoms with Crippen LogP contribution in [0.1, 0.15) is 58.3 Å². The van der Waals surface area contributed by atoms with Gasteiger partial charge in [0.2, 0.25) is 11.9 Å². The summed E-state index contributed by atoms with van der Waals surface area (Å²) < 4.78 is 13.2. The van der Waals surface area contributed by atoms with E-state index in [0.29, 0.717) is 35.9 Å². The first kappa shape index (κ1) is 19.2. The van der Waals surface area contributed by atoms with Crippen LogP contribution in [0.15, 0.2) is 12.4 Å². The van der Waals surface area contributed by atoms with Crippen LogP contribution in [0.4, 0.5) is 10.3 Å². The molecule has 1 amide bonds. The summed E-state index contributed by atoms with van der Waals surface area (Å²) in [6.45, 7) is 3.16. The third-order valence-corrected chi connectivity index (χ3v) is 7.95. The maximum Gasteiger partial charge on any atom is 0.235 e. The molecular formula is C22H32FN5O. The highest BCUT2D eigenvalue weighted by Gasteiger charge is 2.51. The van der Waals surface area contributed by atoms with Crippen molar-refractivity contribution in [1.29, 1.82) is 0 Å². The first-order valence-electron chi connectivity index (χ1n) is 11.3. The Balaban J connectivity index is 1.23. The maximum absolute atomic E-state index is 13.2. The lowest BCUT2D eigenvalue weighted by Gasteiger charge is -2.47. The van der Waals surface area contributed by atoms with E-state index in [9.17, 15) is 9.18 Å². The standard InChI is InChI=1S/C22H32FN5O/c1-13-8-15(6-7-27(13)22-25-11-17(23)12-26-22)16-9-18-4-5-19(10-16)28(18)20(21(24)29)14-2-3-14/h11-16,18-20H,2-10H2,1H3,(H2,24,29)/t13-,15?,16?,18-,19+,20+/m0/s1. The number of halogens is 1. The Morgan fingerprint density at radius 1 is 1.07 bits per heavy atom. The molecule has 0 radical (unpaired) electrons. The highest BCUT2D eigenvalue weighted by atomic mass is 19.1. The molecule has 3 saturated heterocycles. The van der Waals surface area contributed by atoms with Crippen molar-refractivity contribution in [2.24, 2.45) is 23.5 Å². The minimum Gasteiger partial charge on any atom is -0.368 e. The van der Waals surface area contributed by atoms with Gasteiger partial charge in [-0.3, -0.25) is 9.69 Å². The molecule has 1 aromatic heterocycles. The molecule has 7 heteroatoms. The van der Waals surface area contributed by atoms with Crippen molar-refractivity contribution in [1.82, 2.24) is 14.9 Å². The summed E-state index contributed by atoms with van der Waals surface area (Å²) in [5, 5.41) is 0. The topological polar surface area (TPSA) is 75.3 Å². The monoisotopic (exact) mass is 401 g/mol. The number of anilines is 1. The van der Waals surface area contributed by atoms with Gasteiger partial charge in [-0.05, 0) is 76.0 Å². The third kappa shape index (κ3) is 3.62. The van der Waals surface area contributed by atoms with Gasteiger partial charge in [0.05, 0.1) is 18.4 Å². The molecule has 0 spiro atoms. The van der Waals surface area contributed by atoms with Gasteiger partial charge in [-0.2, -0.15) is 0 Å². The Bertz CT molecular complexity index is 740. The van der Waals surface area contributed by atoms with Crippen LogP contribution in [0.5, 0.6) is 0 Å². The van der Waals surface area contributed by atoms with Gasteiger partial charge >= 0.3 is 0 Å². The first-order valence-corrected chi connectivity index (χ1v) is 11.3. The van der Waals surface area contributed by atoms with Gasteiger partial charge in [0, 0.05) is 24.7 Å². The fourth-order valence-corrected chi connectivity index (χ4v) is 6.52. The predicted octanol–water partition coefficient (Wildman–Crippen LogP) is 2.73. The van der Waals surface area contributed by atoms with Crippen LogP contribution in [-0.2, 0) is 4.79 Å². The summed E-state index contributed by atoms with van der Waals surface area (Å²) in [5.74, 6) is 2.09. The second kappa shape index (κ2) is 7.49. The minimum absolute atomic E-state index is 0.0233. The highest BCUT2D eigenvalue weighted by molar-refractivity contribution is 5.80. The van der Waals surface area contributed by atoms with Crippen LogP contribution in [0.25, 0.3) is 0 Å². The average molecular weight is 402 g/mol. The number of nitrogens with two attached hydrogens (primary N) is 1. The van der Waals surface area contributed by atoms with Gasteiger partial charge in [0.1, 0.15) is 0 Å². The zero-order chi connectivity index (χ0) is 20.1. The number of aromatic nitrogens is 2. The van der Waals surface area contributed by atoms with Crippen LogP contribution >= 0.6 is 0 Å². The van der Waals surface area contributed by atoms with Gasteiger partial charge in [-0.15, -0.1) is 0 Å². The van der Waals surface area contributed by atoms with Gasteiger partial charge < -0.3 is 10.6 Å². The molecule has 2 unspecified atom stereocenters. The number of carbonyl (C=O) groups excluding carboxylic acids is 1. The summed E-state index contributed by atoms with van der Waals surface area (Å²) in [4.78, 5) is 25.3. The molecule has 4 aliphatic rings. The van der Waals surface area contributed by atoms with E-state index in [0.717, 1.165) is 38.1 Å². The Labute approximate surface area is 172 Å².